The number of benzene rings is 1. The summed E-state index contributed by atoms with van der Waals surface area (Å²) < 4.78 is 17.2. The molecule has 4 heteroatoms. The highest BCUT2D eigenvalue weighted by Crippen LogP contribution is 2.23. The fourth-order valence-corrected chi connectivity index (χ4v) is 2.77. The lowest BCUT2D eigenvalue weighted by Gasteiger charge is -2.13. The van der Waals surface area contributed by atoms with Crippen molar-refractivity contribution in [3.8, 4) is 0 Å². The topological polar surface area (TPSA) is 52.3 Å². The Kier molecular flexibility index (Phi) is 4.96. The lowest BCUT2D eigenvalue weighted by atomic mass is 10.2. The molecule has 0 spiro atoms. The van der Waals surface area contributed by atoms with Gasteiger partial charge < -0.3 is 10.5 Å². The van der Waals surface area contributed by atoms with Crippen LogP contribution in [0.2, 0.25) is 0 Å². The van der Waals surface area contributed by atoms with E-state index in [4.69, 9.17) is 10.5 Å². The SMILES string of the molecule is COCCC(C)S(=O)c1cccc(C)c1N. The minimum atomic E-state index is -1.06. The van der Waals surface area contributed by atoms with Crippen LogP contribution in [0.1, 0.15) is 18.9 Å². The first kappa shape index (κ1) is 13.2. The molecule has 2 atom stereocenters. The van der Waals surface area contributed by atoms with Crippen LogP contribution in [0, 0.1) is 6.92 Å². The summed E-state index contributed by atoms with van der Waals surface area (Å²) in [5.41, 5.74) is 7.55. The van der Waals surface area contributed by atoms with E-state index in [0.29, 0.717) is 12.3 Å². The second-order valence-corrected chi connectivity index (χ2v) is 5.72. The van der Waals surface area contributed by atoms with Crippen molar-refractivity contribution < 1.29 is 8.95 Å². The number of rotatable bonds is 5. The maximum Gasteiger partial charge on any atom is 0.0622 e. The Morgan fingerprint density at radius 2 is 2.19 bits per heavy atom. The molecule has 1 aromatic carbocycles. The normalized spacial score (nSPS) is 14.7. The van der Waals surface area contributed by atoms with Gasteiger partial charge in [-0.25, -0.2) is 0 Å². The molecule has 3 nitrogen and oxygen atoms in total. The average molecular weight is 241 g/mol. The van der Waals surface area contributed by atoms with Crippen molar-refractivity contribution in [1.82, 2.24) is 0 Å². The molecule has 0 aliphatic carbocycles. The van der Waals surface area contributed by atoms with Gasteiger partial charge in [0, 0.05) is 19.0 Å². The summed E-state index contributed by atoms with van der Waals surface area (Å²) in [6.45, 7) is 4.51. The monoisotopic (exact) mass is 241 g/mol. The molecule has 2 N–H and O–H groups in total. The van der Waals surface area contributed by atoms with Crippen LogP contribution in [0.25, 0.3) is 0 Å². The van der Waals surface area contributed by atoms with Crippen molar-refractivity contribution in [1.29, 1.82) is 0 Å². The zero-order valence-electron chi connectivity index (χ0n) is 10.0. The second-order valence-electron chi connectivity index (χ2n) is 3.88. The van der Waals surface area contributed by atoms with Crippen molar-refractivity contribution >= 4 is 16.5 Å². The predicted molar refractivity (Wildman–Crippen MR) is 68.0 cm³/mol. The molecule has 0 bridgehead atoms. The summed E-state index contributed by atoms with van der Waals surface area (Å²) in [4.78, 5) is 0.739. The van der Waals surface area contributed by atoms with Crippen LogP contribution in [0.4, 0.5) is 5.69 Å². The lowest BCUT2D eigenvalue weighted by Crippen LogP contribution is -2.15. The Bertz CT molecular complexity index is 379. The molecule has 0 saturated heterocycles. The second kappa shape index (κ2) is 6.01. The fraction of sp³-hybridized carbons (Fsp3) is 0.500. The summed E-state index contributed by atoms with van der Waals surface area (Å²) in [7, 11) is 0.593. The summed E-state index contributed by atoms with van der Waals surface area (Å²) in [5.74, 6) is 0. The van der Waals surface area contributed by atoms with Gasteiger partial charge in [-0.1, -0.05) is 19.1 Å². The molecule has 0 fully saturated rings. The largest absolute Gasteiger partial charge is 0.398 e. The van der Waals surface area contributed by atoms with Crippen LogP contribution in [0.3, 0.4) is 0 Å². The van der Waals surface area contributed by atoms with Crippen LogP contribution < -0.4 is 5.73 Å². The highest BCUT2D eigenvalue weighted by molar-refractivity contribution is 7.85. The molecule has 0 radical (unpaired) electrons. The van der Waals surface area contributed by atoms with Crippen molar-refractivity contribution in [2.24, 2.45) is 0 Å². The van der Waals surface area contributed by atoms with E-state index in [9.17, 15) is 4.21 Å². The molecular weight excluding hydrogens is 222 g/mol. The molecule has 0 aliphatic heterocycles. The first-order valence-electron chi connectivity index (χ1n) is 5.32. The maximum atomic E-state index is 12.2. The Morgan fingerprint density at radius 3 is 2.81 bits per heavy atom. The molecule has 1 rings (SSSR count). The van der Waals surface area contributed by atoms with Crippen molar-refractivity contribution in [2.45, 2.75) is 30.4 Å². The molecule has 0 amide bonds. The highest BCUT2D eigenvalue weighted by Gasteiger charge is 2.16. The van der Waals surface area contributed by atoms with Gasteiger partial charge in [0.2, 0.25) is 0 Å². The molecule has 90 valence electrons. The minimum Gasteiger partial charge on any atom is -0.398 e. The average Bonchev–Trinajstić information content (AvgIpc) is 2.28. The van der Waals surface area contributed by atoms with E-state index in [-0.39, 0.29) is 5.25 Å². The number of hydrogen-bond acceptors (Lipinski definition) is 3. The summed E-state index contributed by atoms with van der Waals surface area (Å²) >= 11 is 0. The molecule has 0 aliphatic rings. The molecule has 0 aromatic heterocycles. The van der Waals surface area contributed by atoms with E-state index in [1.807, 2.05) is 32.0 Å². The highest BCUT2D eigenvalue weighted by atomic mass is 32.2. The van der Waals surface area contributed by atoms with Gasteiger partial charge in [0.05, 0.1) is 21.4 Å². The van der Waals surface area contributed by atoms with Crippen molar-refractivity contribution in [2.75, 3.05) is 19.5 Å². The summed E-state index contributed by atoms with van der Waals surface area (Å²) in [6.07, 6.45) is 0.774. The Morgan fingerprint density at radius 1 is 1.50 bits per heavy atom. The fourth-order valence-electron chi connectivity index (χ4n) is 1.44. The number of anilines is 1. The smallest absolute Gasteiger partial charge is 0.0622 e. The standard InChI is InChI=1S/C12H19NO2S/c1-9-5-4-6-11(12(9)13)16(14)10(2)7-8-15-3/h4-6,10H,7-8,13H2,1-3H3. The van der Waals surface area contributed by atoms with Gasteiger partial charge in [-0.05, 0) is 25.0 Å². The van der Waals surface area contributed by atoms with Gasteiger partial charge in [-0.3, -0.25) is 4.21 Å². The van der Waals surface area contributed by atoms with Gasteiger partial charge in [0.15, 0.2) is 0 Å². The summed E-state index contributed by atoms with van der Waals surface area (Å²) in [5, 5.41) is 0.0593. The number of para-hydroxylation sites is 1. The van der Waals surface area contributed by atoms with E-state index in [1.54, 1.807) is 7.11 Å². The molecule has 1 aromatic rings. The first-order valence-corrected chi connectivity index (χ1v) is 6.53. The van der Waals surface area contributed by atoms with Crippen LogP contribution in [-0.4, -0.2) is 23.2 Å². The minimum absolute atomic E-state index is 0.0593. The third kappa shape index (κ3) is 3.06. The van der Waals surface area contributed by atoms with E-state index in [2.05, 4.69) is 0 Å². The van der Waals surface area contributed by atoms with E-state index >= 15 is 0 Å². The van der Waals surface area contributed by atoms with E-state index in [0.717, 1.165) is 16.9 Å². The number of hydrogen-bond donors (Lipinski definition) is 1. The van der Waals surface area contributed by atoms with Crippen LogP contribution in [0.15, 0.2) is 23.1 Å². The zero-order valence-corrected chi connectivity index (χ0v) is 10.8. The molecule has 2 unspecified atom stereocenters. The number of aryl methyl sites for hydroxylation is 1. The van der Waals surface area contributed by atoms with E-state index in [1.165, 1.54) is 0 Å². The zero-order chi connectivity index (χ0) is 12.1. The number of nitrogen functional groups attached to an aromatic ring is 1. The van der Waals surface area contributed by atoms with Crippen molar-refractivity contribution in [3.05, 3.63) is 23.8 Å². The van der Waals surface area contributed by atoms with Crippen molar-refractivity contribution in [3.63, 3.8) is 0 Å². The Labute approximate surface area is 99.4 Å². The number of ether oxygens (including phenoxy) is 1. The maximum absolute atomic E-state index is 12.2. The molecule has 0 heterocycles. The number of nitrogens with two attached hydrogens (primary N) is 1. The van der Waals surface area contributed by atoms with E-state index < -0.39 is 10.8 Å². The molecule has 0 saturated carbocycles. The quantitative estimate of drug-likeness (QED) is 0.803. The van der Waals surface area contributed by atoms with Crippen LogP contribution in [0.5, 0.6) is 0 Å². The third-order valence-corrected chi connectivity index (χ3v) is 4.35. The van der Waals surface area contributed by atoms with Gasteiger partial charge in [-0.2, -0.15) is 0 Å². The van der Waals surface area contributed by atoms with Crippen LogP contribution in [-0.2, 0) is 15.5 Å². The summed E-state index contributed by atoms with van der Waals surface area (Å²) in [6, 6.07) is 5.65. The molecular formula is C12H19NO2S. The predicted octanol–water partition coefficient (Wildman–Crippen LogP) is 2.11. The Balaban J connectivity index is 2.84. The number of methoxy groups -OCH3 is 1. The third-order valence-electron chi connectivity index (χ3n) is 2.59. The van der Waals surface area contributed by atoms with Gasteiger partial charge in [0.1, 0.15) is 0 Å². The van der Waals surface area contributed by atoms with Crippen LogP contribution >= 0.6 is 0 Å². The lowest BCUT2D eigenvalue weighted by molar-refractivity contribution is 0.195. The van der Waals surface area contributed by atoms with Gasteiger partial charge >= 0.3 is 0 Å². The first-order chi connectivity index (χ1) is 7.57. The van der Waals surface area contributed by atoms with Gasteiger partial charge in [-0.15, -0.1) is 0 Å². The van der Waals surface area contributed by atoms with Gasteiger partial charge in [0.25, 0.3) is 0 Å². The molecule has 16 heavy (non-hydrogen) atoms. The Hall–Kier alpha value is -0.870.